The van der Waals surface area contributed by atoms with Gasteiger partial charge in [-0.05, 0) is 25.8 Å². The number of amides is 1. The zero-order valence-corrected chi connectivity index (χ0v) is 11.9. The van der Waals surface area contributed by atoms with Crippen molar-refractivity contribution in [3.05, 3.63) is 48.0 Å². The molecule has 0 heterocycles. The van der Waals surface area contributed by atoms with Gasteiger partial charge in [0.05, 0.1) is 0 Å². The molecular weight excluding hydrogens is 236 g/mol. The van der Waals surface area contributed by atoms with Crippen LogP contribution in [0.25, 0.3) is 0 Å². The third kappa shape index (κ3) is 5.26. The number of carbonyl (C=O) groups is 1. The van der Waals surface area contributed by atoms with Crippen LogP contribution >= 0.6 is 0 Å². The number of likely N-dealkylation sites (N-methyl/N-ethyl adjacent to an activating group) is 1. The molecule has 0 spiro atoms. The second-order valence-electron chi connectivity index (χ2n) is 4.92. The molecule has 19 heavy (non-hydrogen) atoms. The molecule has 1 rings (SSSR count). The fourth-order valence-electron chi connectivity index (χ4n) is 2.01. The van der Waals surface area contributed by atoms with Crippen molar-refractivity contribution < 1.29 is 4.79 Å². The summed E-state index contributed by atoms with van der Waals surface area (Å²) < 4.78 is 0. The van der Waals surface area contributed by atoms with Crippen molar-refractivity contribution in [2.45, 2.75) is 32.7 Å². The Morgan fingerprint density at radius 3 is 2.53 bits per heavy atom. The van der Waals surface area contributed by atoms with Crippen molar-refractivity contribution in [3.63, 3.8) is 0 Å². The van der Waals surface area contributed by atoms with Crippen LogP contribution in [0.5, 0.6) is 0 Å². The molecule has 2 N–H and O–H groups in total. The van der Waals surface area contributed by atoms with E-state index in [4.69, 9.17) is 5.73 Å². The fourth-order valence-corrected chi connectivity index (χ4v) is 2.01. The highest BCUT2D eigenvalue weighted by Crippen LogP contribution is 2.16. The van der Waals surface area contributed by atoms with Crippen LogP contribution in [0.1, 0.15) is 38.3 Å². The molecule has 0 saturated carbocycles. The molecule has 1 unspecified atom stereocenters. The van der Waals surface area contributed by atoms with Gasteiger partial charge in [-0.15, -0.1) is 0 Å². The Labute approximate surface area is 116 Å². The Morgan fingerprint density at radius 1 is 1.37 bits per heavy atom. The van der Waals surface area contributed by atoms with Gasteiger partial charge in [0.1, 0.15) is 0 Å². The fraction of sp³-hybridized carbons (Fsp3) is 0.438. The van der Waals surface area contributed by atoms with E-state index >= 15 is 0 Å². The number of carbonyl (C=O) groups excluding carboxylic acids is 1. The number of benzene rings is 1. The average molecular weight is 260 g/mol. The molecule has 3 nitrogen and oxygen atoms in total. The normalized spacial score (nSPS) is 11.9. The lowest BCUT2D eigenvalue weighted by Gasteiger charge is -2.22. The van der Waals surface area contributed by atoms with Gasteiger partial charge in [-0.1, -0.05) is 42.5 Å². The van der Waals surface area contributed by atoms with Crippen molar-refractivity contribution in [2.75, 3.05) is 13.1 Å². The standard InChI is InChI=1S/C16H24N2O/c1-4-18(12-13(2)3)16(19)11-10-15(17)14-8-6-5-7-9-14/h5-9,15H,2,4,10-12,17H2,1,3H3. The molecular formula is C16H24N2O. The molecule has 0 saturated heterocycles. The first-order chi connectivity index (χ1) is 9.04. The molecule has 0 aliphatic carbocycles. The first kappa shape index (κ1) is 15.4. The highest BCUT2D eigenvalue weighted by molar-refractivity contribution is 5.76. The third-order valence-electron chi connectivity index (χ3n) is 3.09. The molecule has 1 atom stereocenters. The zero-order chi connectivity index (χ0) is 14.3. The third-order valence-corrected chi connectivity index (χ3v) is 3.09. The maximum atomic E-state index is 12.1. The minimum absolute atomic E-state index is 0.0753. The quantitative estimate of drug-likeness (QED) is 0.766. The molecule has 0 aliphatic heterocycles. The lowest BCUT2D eigenvalue weighted by atomic mass is 10.0. The Balaban J connectivity index is 2.47. The van der Waals surface area contributed by atoms with E-state index in [9.17, 15) is 4.79 Å². The van der Waals surface area contributed by atoms with E-state index < -0.39 is 0 Å². The monoisotopic (exact) mass is 260 g/mol. The van der Waals surface area contributed by atoms with Gasteiger partial charge in [0.15, 0.2) is 0 Å². The van der Waals surface area contributed by atoms with E-state index in [2.05, 4.69) is 6.58 Å². The largest absolute Gasteiger partial charge is 0.339 e. The predicted molar refractivity (Wildman–Crippen MR) is 79.7 cm³/mol. The molecule has 1 aromatic carbocycles. The van der Waals surface area contributed by atoms with E-state index in [1.54, 1.807) is 0 Å². The Hall–Kier alpha value is -1.61. The summed E-state index contributed by atoms with van der Waals surface area (Å²) in [5.74, 6) is 0.150. The van der Waals surface area contributed by atoms with Crippen molar-refractivity contribution >= 4 is 5.91 Å². The van der Waals surface area contributed by atoms with Crippen molar-refractivity contribution in [2.24, 2.45) is 5.73 Å². The molecule has 0 bridgehead atoms. The number of hydrogen-bond donors (Lipinski definition) is 1. The van der Waals surface area contributed by atoms with E-state index in [0.29, 0.717) is 25.9 Å². The zero-order valence-electron chi connectivity index (χ0n) is 11.9. The Bertz CT molecular complexity index is 414. The van der Waals surface area contributed by atoms with Crippen LogP contribution in [-0.4, -0.2) is 23.9 Å². The van der Waals surface area contributed by atoms with Gasteiger partial charge in [-0.3, -0.25) is 4.79 Å². The molecule has 0 fully saturated rings. The highest BCUT2D eigenvalue weighted by Gasteiger charge is 2.14. The van der Waals surface area contributed by atoms with Crippen LogP contribution in [-0.2, 0) is 4.79 Å². The van der Waals surface area contributed by atoms with Gasteiger partial charge >= 0.3 is 0 Å². The summed E-state index contributed by atoms with van der Waals surface area (Å²) in [4.78, 5) is 13.9. The molecule has 1 amide bonds. The minimum Gasteiger partial charge on any atom is -0.339 e. The van der Waals surface area contributed by atoms with E-state index in [-0.39, 0.29) is 11.9 Å². The topological polar surface area (TPSA) is 46.3 Å². The summed E-state index contributed by atoms with van der Waals surface area (Å²) >= 11 is 0. The van der Waals surface area contributed by atoms with Gasteiger partial charge in [0.2, 0.25) is 5.91 Å². The van der Waals surface area contributed by atoms with E-state index in [1.165, 1.54) is 0 Å². The summed E-state index contributed by atoms with van der Waals surface area (Å²) in [7, 11) is 0. The highest BCUT2D eigenvalue weighted by atomic mass is 16.2. The summed E-state index contributed by atoms with van der Waals surface area (Å²) in [5, 5.41) is 0. The SMILES string of the molecule is C=C(C)CN(CC)C(=O)CCC(N)c1ccccc1. The minimum atomic E-state index is -0.0753. The van der Waals surface area contributed by atoms with Crippen LogP contribution < -0.4 is 5.73 Å². The summed E-state index contributed by atoms with van der Waals surface area (Å²) in [6.45, 7) is 9.12. The first-order valence-corrected chi connectivity index (χ1v) is 6.77. The number of nitrogens with zero attached hydrogens (tertiary/aromatic N) is 1. The van der Waals surface area contributed by atoms with E-state index in [1.807, 2.05) is 49.1 Å². The lowest BCUT2D eigenvalue weighted by molar-refractivity contribution is -0.130. The van der Waals surface area contributed by atoms with Crippen LogP contribution in [0.15, 0.2) is 42.5 Å². The maximum absolute atomic E-state index is 12.1. The van der Waals surface area contributed by atoms with E-state index in [0.717, 1.165) is 11.1 Å². The van der Waals surface area contributed by atoms with Crippen LogP contribution in [0.2, 0.25) is 0 Å². The second-order valence-corrected chi connectivity index (χ2v) is 4.92. The Kier molecular flexibility index (Phi) is 6.30. The van der Waals surface area contributed by atoms with Gasteiger partial charge in [0, 0.05) is 25.6 Å². The number of nitrogens with two attached hydrogens (primary N) is 1. The molecule has 104 valence electrons. The number of rotatable bonds is 7. The summed E-state index contributed by atoms with van der Waals surface area (Å²) in [6.07, 6.45) is 1.16. The predicted octanol–water partition coefficient (Wildman–Crippen LogP) is 2.89. The molecule has 1 aromatic rings. The van der Waals surface area contributed by atoms with Crippen LogP contribution in [0.4, 0.5) is 0 Å². The van der Waals surface area contributed by atoms with Crippen molar-refractivity contribution in [1.82, 2.24) is 4.90 Å². The average Bonchev–Trinajstić information content (AvgIpc) is 2.42. The molecule has 0 radical (unpaired) electrons. The first-order valence-electron chi connectivity index (χ1n) is 6.77. The Morgan fingerprint density at radius 2 is 2.00 bits per heavy atom. The smallest absolute Gasteiger partial charge is 0.222 e. The second kappa shape index (κ2) is 7.74. The molecule has 0 aliphatic rings. The molecule has 0 aromatic heterocycles. The van der Waals surface area contributed by atoms with Gasteiger partial charge in [-0.25, -0.2) is 0 Å². The van der Waals surface area contributed by atoms with Crippen LogP contribution in [0.3, 0.4) is 0 Å². The van der Waals surface area contributed by atoms with Gasteiger partial charge < -0.3 is 10.6 Å². The van der Waals surface area contributed by atoms with Gasteiger partial charge in [-0.2, -0.15) is 0 Å². The van der Waals surface area contributed by atoms with Crippen molar-refractivity contribution in [1.29, 1.82) is 0 Å². The maximum Gasteiger partial charge on any atom is 0.222 e. The molecule has 3 heteroatoms. The number of hydrogen-bond acceptors (Lipinski definition) is 2. The summed E-state index contributed by atoms with van der Waals surface area (Å²) in [5.41, 5.74) is 8.18. The van der Waals surface area contributed by atoms with Crippen molar-refractivity contribution in [3.8, 4) is 0 Å². The van der Waals surface area contributed by atoms with Gasteiger partial charge in [0.25, 0.3) is 0 Å². The summed E-state index contributed by atoms with van der Waals surface area (Å²) in [6, 6.07) is 9.83. The lowest BCUT2D eigenvalue weighted by Crippen LogP contribution is -2.32. The van der Waals surface area contributed by atoms with Crippen LogP contribution in [0, 0.1) is 0 Å².